The topological polar surface area (TPSA) is 0 Å². The monoisotopic (exact) mass is 222 g/mol. The van der Waals surface area contributed by atoms with Gasteiger partial charge in [-0.3, -0.25) is 0 Å². The minimum Gasteiger partial charge on any atom is -0.330 e. The fraction of sp³-hybridized carbons (Fsp3) is 0.933. The average Bonchev–Trinajstić information content (AvgIpc) is 3.09. The van der Waals surface area contributed by atoms with Crippen LogP contribution in [0.5, 0.6) is 0 Å². The van der Waals surface area contributed by atoms with Crippen LogP contribution in [0.15, 0.2) is 0 Å². The first kappa shape index (κ1) is 14.1. The van der Waals surface area contributed by atoms with Gasteiger partial charge >= 0.3 is 18.9 Å². The van der Waals surface area contributed by atoms with Crippen LogP contribution in [0.4, 0.5) is 0 Å². The van der Waals surface area contributed by atoms with Gasteiger partial charge in [-0.1, -0.05) is 25.6 Å². The quantitative estimate of drug-likeness (QED) is 0.425. The molecule has 3 saturated carbocycles. The summed E-state index contributed by atoms with van der Waals surface area (Å²) in [6.45, 7) is 0. The van der Waals surface area contributed by atoms with Crippen LogP contribution in [-0.2, 0) is 0 Å². The maximum Gasteiger partial charge on any atom is 1.00 e. The SMILES string of the molecule is [B]CCC1CC1CCC1CC1CCC1[CH-]C1.[Li+]. The first-order chi connectivity index (χ1) is 7.86. The Bertz CT molecular complexity index is 239. The third kappa shape index (κ3) is 4.36. The van der Waals surface area contributed by atoms with Gasteiger partial charge in [-0.05, 0) is 49.4 Å². The van der Waals surface area contributed by atoms with E-state index in [9.17, 15) is 0 Å². The second kappa shape index (κ2) is 6.21. The molecule has 0 aromatic rings. The van der Waals surface area contributed by atoms with Crippen molar-refractivity contribution in [3.8, 4) is 0 Å². The predicted molar refractivity (Wildman–Crippen MR) is 69.2 cm³/mol. The zero-order valence-corrected chi connectivity index (χ0v) is 11.4. The Morgan fingerprint density at radius 2 is 1.29 bits per heavy atom. The van der Waals surface area contributed by atoms with Gasteiger partial charge in [-0.15, -0.1) is 0 Å². The van der Waals surface area contributed by atoms with Gasteiger partial charge in [0.1, 0.15) is 0 Å². The van der Waals surface area contributed by atoms with Crippen molar-refractivity contribution in [2.24, 2.45) is 29.6 Å². The van der Waals surface area contributed by atoms with Crippen LogP contribution in [0.2, 0.25) is 6.32 Å². The van der Waals surface area contributed by atoms with Gasteiger partial charge in [0, 0.05) is 0 Å². The molecule has 5 atom stereocenters. The van der Waals surface area contributed by atoms with Crippen LogP contribution < -0.4 is 18.9 Å². The van der Waals surface area contributed by atoms with Crippen LogP contribution in [0, 0.1) is 36.0 Å². The molecule has 0 spiro atoms. The summed E-state index contributed by atoms with van der Waals surface area (Å²) in [6, 6.07) is 0. The molecule has 0 saturated heterocycles. The van der Waals surface area contributed by atoms with E-state index in [0.717, 1.165) is 35.9 Å². The summed E-state index contributed by atoms with van der Waals surface area (Å²) in [5.74, 6) is 5.36. The van der Waals surface area contributed by atoms with E-state index in [1.165, 1.54) is 44.9 Å². The van der Waals surface area contributed by atoms with E-state index in [2.05, 4.69) is 6.42 Å². The molecule has 3 aliphatic rings. The molecule has 0 aromatic carbocycles. The molecule has 0 heterocycles. The molecule has 88 valence electrons. The van der Waals surface area contributed by atoms with Crippen molar-refractivity contribution in [3.63, 3.8) is 0 Å². The summed E-state index contributed by atoms with van der Waals surface area (Å²) in [6.07, 6.45) is 15.2. The van der Waals surface area contributed by atoms with Gasteiger partial charge in [0.15, 0.2) is 0 Å². The zero-order chi connectivity index (χ0) is 11.0. The van der Waals surface area contributed by atoms with Crippen LogP contribution in [0.25, 0.3) is 0 Å². The van der Waals surface area contributed by atoms with E-state index in [4.69, 9.17) is 7.85 Å². The van der Waals surface area contributed by atoms with Crippen molar-refractivity contribution < 1.29 is 18.9 Å². The minimum absolute atomic E-state index is 0. The largest absolute Gasteiger partial charge is 1.00 e. The summed E-state index contributed by atoms with van der Waals surface area (Å²) in [5, 5.41) is 0. The van der Waals surface area contributed by atoms with Gasteiger partial charge in [0.25, 0.3) is 0 Å². The van der Waals surface area contributed by atoms with Crippen molar-refractivity contribution in [2.75, 3.05) is 0 Å². The molecule has 3 fully saturated rings. The van der Waals surface area contributed by atoms with Crippen LogP contribution in [0.1, 0.15) is 51.4 Å². The summed E-state index contributed by atoms with van der Waals surface area (Å²) < 4.78 is 0. The molecule has 2 heteroatoms. The molecule has 5 unspecified atom stereocenters. The Morgan fingerprint density at radius 3 is 1.76 bits per heavy atom. The molecule has 0 aliphatic heterocycles. The van der Waals surface area contributed by atoms with Crippen molar-refractivity contribution in [3.05, 3.63) is 6.42 Å². The molecule has 0 N–H and O–H groups in total. The van der Waals surface area contributed by atoms with Gasteiger partial charge in [0.2, 0.25) is 0 Å². The van der Waals surface area contributed by atoms with Crippen LogP contribution in [-0.4, -0.2) is 7.85 Å². The van der Waals surface area contributed by atoms with Gasteiger partial charge in [-0.25, -0.2) is 6.42 Å². The van der Waals surface area contributed by atoms with Crippen molar-refractivity contribution >= 4 is 7.85 Å². The molecule has 0 amide bonds. The van der Waals surface area contributed by atoms with E-state index in [-0.39, 0.29) is 18.9 Å². The predicted octanol–water partition coefficient (Wildman–Crippen LogP) is 1.02. The summed E-state index contributed by atoms with van der Waals surface area (Å²) in [7, 11) is 5.59. The standard InChI is InChI=1S/C15H24B.Li/c16-8-7-15-10-14(15)6-5-13-9-12(13)4-3-11-1-2-11;/h1,11-15H,2-10H2;/q-1;+1. The molecule has 0 nitrogen and oxygen atoms in total. The van der Waals surface area contributed by atoms with Gasteiger partial charge in [0.05, 0.1) is 7.85 Å². The molecule has 0 aromatic heterocycles. The maximum absolute atomic E-state index is 5.59. The van der Waals surface area contributed by atoms with Crippen molar-refractivity contribution in [1.29, 1.82) is 0 Å². The van der Waals surface area contributed by atoms with E-state index < -0.39 is 0 Å². The summed E-state index contributed by atoms with van der Waals surface area (Å²) in [4.78, 5) is 0. The van der Waals surface area contributed by atoms with E-state index in [0.29, 0.717) is 0 Å². The number of hydrogen-bond acceptors (Lipinski definition) is 0. The molecule has 0 bridgehead atoms. The Labute approximate surface area is 120 Å². The molecule has 17 heavy (non-hydrogen) atoms. The summed E-state index contributed by atoms with van der Waals surface area (Å²) in [5.41, 5.74) is 0. The Kier molecular flexibility index (Phi) is 5.14. The normalized spacial score (nSPS) is 41.8. The Hall–Kier alpha value is 0.662. The fourth-order valence-corrected chi connectivity index (χ4v) is 3.44. The van der Waals surface area contributed by atoms with E-state index >= 15 is 0 Å². The molecule has 2 radical (unpaired) electrons. The minimum atomic E-state index is 0. The fourth-order valence-electron chi connectivity index (χ4n) is 3.44. The molecule has 3 aliphatic carbocycles. The third-order valence-corrected chi connectivity index (χ3v) is 5.06. The maximum atomic E-state index is 5.59. The Morgan fingerprint density at radius 1 is 0.824 bits per heavy atom. The first-order valence-corrected chi connectivity index (χ1v) is 7.40. The number of rotatable bonds is 8. The van der Waals surface area contributed by atoms with Crippen LogP contribution in [0.3, 0.4) is 0 Å². The average molecular weight is 222 g/mol. The zero-order valence-electron chi connectivity index (χ0n) is 11.4. The second-order valence-electron chi connectivity index (χ2n) is 6.48. The van der Waals surface area contributed by atoms with Crippen molar-refractivity contribution in [2.45, 2.75) is 57.7 Å². The van der Waals surface area contributed by atoms with E-state index in [1.807, 2.05) is 0 Å². The number of hydrogen-bond donors (Lipinski definition) is 0. The second-order valence-corrected chi connectivity index (χ2v) is 6.48. The smallest absolute Gasteiger partial charge is 0.330 e. The molecular weight excluding hydrogens is 198 g/mol. The first-order valence-electron chi connectivity index (χ1n) is 7.40. The molecular formula is C15H24BLi. The molecule has 3 rings (SSSR count). The van der Waals surface area contributed by atoms with E-state index in [1.54, 1.807) is 6.42 Å². The summed E-state index contributed by atoms with van der Waals surface area (Å²) >= 11 is 0. The van der Waals surface area contributed by atoms with Gasteiger partial charge in [-0.2, -0.15) is 5.92 Å². The Balaban J connectivity index is 0.00000108. The third-order valence-electron chi connectivity index (χ3n) is 5.06. The van der Waals surface area contributed by atoms with Crippen LogP contribution >= 0.6 is 0 Å². The van der Waals surface area contributed by atoms with Crippen molar-refractivity contribution in [1.82, 2.24) is 0 Å². The van der Waals surface area contributed by atoms with Gasteiger partial charge < -0.3 is 6.42 Å².